The molecule has 92 valence electrons. The minimum Gasteiger partial charge on any atom is -0.481 e. The van der Waals surface area contributed by atoms with Crippen molar-refractivity contribution in [2.75, 3.05) is 0 Å². The monoisotopic (exact) mass is 258 g/mol. The van der Waals surface area contributed by atoms with E-state index in [1.165, 1.54) is 0 Å². The van der Waals surface area contributed by atoms with Crippen LogP contribution >= 0.6 is 11.3 Å². The maximum Gasteiger partial charge on any atom is 0.310 e. The Morgan fingerprint density at radius 2 is 1.89 bits per heavy atom. The molecule has 0 aliphatic carbocycles. The second-order valence-corrected chi connectivity index (χ2v) is 4.95. The summed E-state index contributed by atoms with van der Waals surface area (Å²) in [6, 6.07) is 9.58. The van der Waals surface area contributed by atoms with Gasteiger partial charge in [-0.15, -0.1) is 0 Å². The summed E-state index contributed by atoms with van der Waals surface area (Å²) in [7, 11) is 0. The number of hydrogen-bond acceptors (Lipinski definition) is 2. The molecule has 1 atom stereocenters. The van der Waals surface area contributed by atoms with E-state index in [9.17, 15) is 4.79 Å². The van der Waals surface area contributed by atoms with E-state index >= 15 is 0 Å². The lowest BCUT2D eigenvalue weighted by Crippen LogP contribution is -2.07. The summed E-state index contributed by atoms with van der Waals surface area (Å²) in [6.45, 7) is 5.75. The van der Waals surface area contributed by atoms with Crippen molar-refractivity contribution in [3.63, 3.8) is 0 Å². The highest BCUT2D eigenvalue weighted by Gasteiger charge is 2.13. The Labute approximate surface area is 110 Å². The Morgan fingerprint density at radius 1 is 1.22 bits per heavy atom. The van der Waals surface area contributed by atoms with Gasteiger partial charge in [-0.05, 0) is 46.0 Å². The van der Waals surface area contributed by atoms with Crippen molar-refractivity contribution < 1.29 is 9.90 Å². The van der Waals surface area contributed by atoms with Crippen molar-refractivity contribution in [2.45, 2.75) is 12.8 Å². The number of aliphatic carboxylic acids is 1. The number of hydrogen-bond donors (Lipinski definition) is 1. The highest BCUT2D eigenvalue weighted by molar-refractivity contribution is 7.08. The third-order valence-electron chi connectivity index (χ3n) is 3.00. The Balaban J connectivity index is 2.23. The zero-order chi connectivity index (χ0) is 13.1. The maximum atomic E-state index is 10.9. The summed E-state index contributed by atoms with van der Waals surface area (Å²) in [6.07, 6.45) is 0. The molecule has 2 rings (SSSR count). The minimum absolute atomic E-state index is 0.478. The molecule has 1 aromatic carbocycles. The third-order valence-corrected chi connectivity index (χ3v) is 3.68. The molecule has 0 bridgehead atoms. The normalized spacial score (nSPS) is 12.1. The fraction of sp³-hybridized carbons (Fsp3) is 0.133. The van der Waals surface area contributed by atoms with Crippen molar-refractivity contribution in [3.05, 3.63) is 64.4 Å². The minimum atomic E-state index is -0.806. The van der Waals surface area contributed by atoms with Gasteiger partial charge in [0.15, 0.2) is 0 Å². The summed E-state index contributed by atoms with van der Waals surface area (Å²) in [5.74, 6) is -1.28. The molecule has 2 nitrogen and oxygen atoms in total. The van der Waals surface area contributed by atoms with Crippen LogP contribution in [-0.4, -0.2) is 11.1 Å². The number of benzene rings is 1. The molecule has 1 N–H and O–H groups in total. The average Bonchev–Trinajstić information content (AvgIpc) is 2.91. The summed E-state index contributed by atoms with van der Waals surface area (Å²) >= 11 is 1.64. The Morgan fingerprint density at radius 3 is 2.39 bits per heavy atom. The van der Waals surface area contributed by atoms with Crippen LogP contribution in [-0.2, 0) is 4.79 Å². The molecular formula is C15H14O2S. The number of thiophene rings is 1. The fourth-order valence-corrected chi connectivity index (χ4v) is 2.39. The van der Waals surface area contributed by atoms with Crippen LogP contribution in [0, 0.1) is 0 Å². The molecular weight excluding hydrogens is 244 g/mol. The number of carboxylic acids is 1. The lowest BCUT2D eigenvalue weighted by atomic mass is 9.96. The predicted octanol–water partition coefficient (Wildman–Crippen LogP) is 4.00. The highest BCUT2D eigenvalue weighted by Crippen LogP contribution is 2.25. The van der Waals surface area contributed by atoms with E-state index < -0.39 is 11.9 Å². The predicted molar refractivity (Wildman–Crippen MR) is 74.9 cm³/mol. The van der Waals surface area contributed by atoms with Crippen LogP contribution < -0.4 is 0 Å². The van der Waals surface area contributed by atoms with Gasteiger partial charge in [0.25, 0.3) is 0 Å². The van der Waals surface area contributed by atoms with E-state index in [0.717, 1.165) is 22.3 Å². The zero-order valence-electron chi connectivity index (χ0n) is 10.1. The smallest absolute Gasteiger partial charge is 0.310 e. The molecule has 0 saturated carbocycles. The Hall–Kier alpha value is -1.87. The van der Waals surface area contributed by atoms with Gasteiger partial charge in [-0.25, -0.2) is 0 Å². The van der Waals surface area contributed by atoms with Crippen molar-refractivity contribution >= 4 is 22.9 Å². The van der Waals surface area contributed by atoms with Crippen LogP contribution in [0.1, 0.15) is 29.5 Å². The second-order valence-electron chi connectivity index (χ2n) is 4.17. The summed E-state index contributed by atoms with van der Waals surface area (Å²) in [5, 5.41) is 13.0. The first-order valence-electron chi connectivity index (χ1n) is 5.64. The van der Waals surface area contributed by atoms with Crippen molar-refractivity contribution in [2.24, 2.45) is 0 Å². The second kappa shape index (κ2) is 5.19. The third kappa shape index (κ3) is 2.51. The highest BCUT2D eigenvalue weighted by atomic mass is 32.1. The van der Waals surface area contributed by atoms with Gasteiger partial charge in [-0.3, -0.25) is 4.79 Å². The molecule has 1 unspecified atom stereocenters. The summed E-state index contributed by atoms with van der Waals surface area (Å²) in [4.78, 5) is 10.9. The van der Waals surface area contributed by atoms with E-state index in [1.807, 2.05) is 35.7 Å². The van der Waals surface area contributed by atoms with E-state index in [4.69, 9.17) is 5.11 Å². The molecule has 0 aliphatic rings. The molecule has 1 aromatic heterocycles. The van der Waals surface area contributed by atoms with Crippen molar-refractivity contribution in [3.8, 4) is 0 Å². The van der Waals surface area contributed by atoms with Crippen molar-refractivity contribution in [1.29, 1.82) is 0 Å². The Bertz CT molecular complexity index is 553. The van der Waals surface area contributed by atoms with Crippen molar-refractivity contribution in [1.82, 2.24) is 0 Å². The van der Waals surface area contributed by atoms with Crippen LogP contribution in [0.15, 0.2) is 47.7 Å². The van der Waals surface area contributed by atoms with Gasteiger partial charge >= 0.3 is 5.97 Å². The summed E-state index contributed by atoms with van der Waals surface area (Å²) in [5.41, 5.74) is 3.91. The van der Waals surface area contributed by atoms with Crippen LogP contribution in [0.2, 0.25) is 0 Å². The molecule has 18 heavy (non-hydrogen) atoms. The van der Waals surface area contributed by atoms with Gasteiger partial charge in [-0.2, -0.15) is 11.3 Å². The Kier molecular flexibility index (Phi) is 3.63. The molecule has 3 heteroatoms. The van der Waals surface area contributed by atoms with Gasteiger partial charge in [0.1, 0.15) is 0 Å². The average molecular weight is 258 g/mol. The first-order chi connectivity index (χ1) is 8.59. The molecule has 0 fully saturated rings. The van der Waals surface area contributed by atoms with Gasteiger partial charge in [0.2, 0.25) is 0 Å². The molecule has 0 radical (unpaired) electrons. The summed E-state index contributed by atoms with van der Waals surface area (Å²) < 4.78 is 0. The van der Waals surface area contributed by atoms with E-state index in [0.29, 0.717) is 0 Å². The lowest BCUT2D eigenvalue weighted by Gasteiger charge is -2.09. The molecule has 0 aliphatic heterocycles. The quantitative estimate of drug-likeness (QED) is 0.900. The maximum absolute atomic E-state index is 10.9. The first kappa shape index (κ1) is 12.6. The van der Waals surface area contributed by atoms with E-state index in [2.05, 4.69) is 12.0 Å². The first-order valence-corrected chi connectivity index (χ1v) is 6.58. The molecule has 0 saturated heterocycles. The van der Waals surface area contributed by atoms with Crippen LogP contribution in [0.25, 0.3) is 5.57 Å². The molecule has 0 spiro atoms. The SMILES string of the molecule is C=C(c1ccc(C(C)C(=O)O)cc1)c1ccsc1. The number of rotatable bonds is 4. The zero-order valence-corrected chi connectivity index (χ0v) is 10.9. The van der Waals surface area contributed by atoms with Crippen LogP contribution in [0.3, 0.4) is 0 Å². The fourth-order valence-electron chi connectivity index (χ4n) is 1.72. The number of carboxylic acid groups (broad SMARTS) is 1. The van der Waals surface area contributed by atoms with Gasteiger partial charge < -0.3 is 5.11 Å². The lowest BCUT2D eigenvalue weighted by molar-refractivity contribution is -0.138. The standard InChI is InChI=1S/C15H14O2S/c1-10(14-7-8-18-9-14)12-3-5-13(6-4-12)11(2)15(16)17/h3-9,11H,1H2,2H3,(H,16,17). The van der Waals surface area contributed by atoms with Gasteiger partial charge in [0.05, 0.1) is 5.92 Å². The molecule has 0 amide bonds. The molecule has 1 heterocycles. The largest absolute Gasteiger partial charge is 0.481 e. The van der Waals surface area contributed by atoms with Crippen LogP contribution in [0.4, 0.5) is 0 Å². The van der Waals surface area contributed by atoms with E-state index in [-0.39, 0.29) is 0 Å². The molecule has 2 aromatic rings. The topological polar surface area (TPSA) is 37.3 Å². The van der Waals surface area contributed by atoms with E-state index in [1.54, 1.807) is 18.3 Å². The van der Waals surface area contributed by atoms with Gasteiger partial charge in [-0.1, -0.05) is 30.8 Å². The van der Waals surface area contributed by atoms with Gasteiger partial charge in [0, 0.05) is 0 Å². The number of carbonyl (C=O) groups is 1. The van der Waals surface area contributed by atoms with Crippen LogP contribution in [0.5, 0.6) is 0 Å².